The van der Waals surface area contributed by atoms with Gasteiger partial charge in [-0.25, -0.2) is 4.98 Å². The number of hydrogen-bond donors (Lipinski definition) is 1. The second-order valence-electron chi connectivity index (χ2n) is 6.66. The molecule has 0 fully saturated rings. The van der Waals surface area contributed by atoms with Crippen LogP contribution >= 0.6 is 11.3 Å². The minimum absolute atomic E-state index is 0.170. The minimum Gasteiger partial charge on any atom is -0.489 e. The summed E-state index contributed by atoms with van der Waals surface area (Å²) in [5.41, 5.74) is 3.46. The molecule has 5 nitrogen and oxygen atoms in total. The number of rotatable bonds is 8. The molecule has 0 atom stereocenters. The molecule has 30 heavy (non-hydrogen) atoms. The molecule has 150 valence electrons. The van der Waals surface area contributed by atoms with Crippen molar-refractivity contribution in [2.75, 3.05) is 6.54 Å². The molecule has 1 amide bonds. The lowest BCUT2D eigenvalue weighted by Crippen LogP contribution is -2.26. The molecule has 0 aliphatic rings. The van der Waals surface area contributed by atoms with Gasteiger partial charge in [-0.15, -0.1) is 11.3 Å². The van der Waals surface area contributed by atoms with Crippen molar-refractivity contribution in [1.29, 1.82) is 0 Å². The Morgan fingerprint density at radius 1 is 0.967 bits per heavy atom. The van der Waals surface area contributed by atoms with Crippen LogP contribution in [0.4, 0.5) is 0 Å². The van der Waals surface area contributed by atoms with E-state index in [0.717, 1.165) is 27.6 Å². The van der Waals surface area contributed by atoms with Gasteiger partial charge in [0.2, 0.25) is 0 Å². The van der Waals surface area contributed by atoms with Crippen LogP contribution in [0.1, 0.15) is 21.7 Å². The lowest BCUT2D eigenvalue weighted by molar-refractivity contribution is 0.0950. The Bertz CT molecular complexity index is 1080. The molecule has 0 radical (unpaired) electrons. The zero-order valence-corrected chi connectivity index (χ0v) is 17.1. The quantitative estimate of drug-likeness (QED) is 0.451. The number of benzene rings is 2. The molecule has 6 heteroatoms. The lowest BCUT2D eigenvalue weighted by Gasteiger charge is -2.06. The van der Waals surface area contributed by atoms with Gasteiger partial charge < -0.3 is 10.1 Å². The highest BCUT2D eigenvalue weighted by Gasteiger charge is 2.12. The summed E-state index contributed by atoms with van der Waals surface area (Å²) in [6.45, 7) is 1.05. The Hall–Kier alpha value is -3.51. The summed E-state index contributed by atoms with van der Waals surface area (Å²) in [5, 5.41) is 5.49. The van der Waals surface area contributed by atoms with Gasteiger partial charge in [0.15, 0.2) is 0 Å². The number of amides is 1. The summed E-state index contributed by atoms with van der Waals surface area (Å²) in [6, 6.07) is 23.6. The SMILES string of the molecule is O=C(NCCc1ccccn1)c1csc(-c2ccc(OCc3ccccc3)cc2)n1. The van der Waals surface area contributed by atoms with Gasteiger partial charge in [-0.2, -0.15) is 0 Å². The van der Waals surface area contributed by atoms with Crippen LogP contribution in [0.15, 0.2) is 84.4 Å². The van der Waals surface area contributed by atoms with Crippen molar-refractivity contribution in [1.82, 2.24) is 15.3 Å². The highest BCUT2D eigenvalue weighted by atomic mass is 32.1. The maximum absolute atomic E-state index is 12.3. The first-order valence-corrected chi connectivity index (χ1v) is 10.6. The monoisotopic (exact) mass is 415 g/mol. The first-order valence-electron chi connectivity index (χ1n) is 9.69. The summed E-state index contributed by atoms with van der Waals surface area (Å²) in [5.74, 6) is 0.628. The van der Waals surface area contributed by atoms with Crippen LogP contribution < -0.4 is 10.1 Å². The molecular weight excluding hydrogens is 394 g/mol. The summed E-state index contributed by atoms with van der Waals surface area (Å²) >= 11 is 1.45. The third-order valence-electron chi connectivity index (χ3n) is 4.48. The van der Waals surface area contributed by atoms with Crippen LogP contribution in [-0.4, -0.2) is 22.4 Å². The van der Waals surface area contributed by atoms with Crippen LogP contribution in [0.5, 0.6) is 5.75 Å². The van der Waals surface area contributed by atoms with E-state index in [4.69, 9.17) is 4.74 Å². The molecule has 2 heterocycles. The minimum atomic E-state index is -0.170. The number of nitrogens with one attached hydrogen (secondary N) is 1. The Morgan fingerprint density at radius 2 is 1.77 bits per heavy atom. The normalized spacial score (nSPS) is 10.5. The van der Waals surface area contributed by atoms with Crippen LogP contribution in [0.25, 0.3) is 10.6 Å². The van der Waals surface area contributed by atoms with Gasteiger partial charge in [0, 0.05) is 35.8 Å². The van der Waals surface area contributed by atoms with Gasteiger partial charge in [-0.3, -0.25) is 9.78 Å². The first kappa shape index (κ1) is 19.8. The maximum Gasteiger partial charge on any atom is 0.270 e. The van der Waals surface area contributed by atoms with E-state index in [2.05, 4.69) is 15.3 Å². The molecule has 2 aromatic carbocycles. The van der Waals surface area contributed by atoms with Crippen LogP contribution in [0, 0.1) is 0 Å². The lowest BCUT2D eigenvalue weighted by atomic mass is 10.2. The molecule has 0 spiro atoms. The number of pyridine rings is 1. The number of aromatic nitrogens is 2. The van der Waals surface area contributed by atoms with E-state index in [-0.39, 0.29) is 5.91 Å². The van der Waals surface area contributed by atoms with Crippen molar-refractivity contribution < 1.29 is 9.53 Å². The topological polar surface area (TPSA) is 64.1 Å². The van der Waals surface area contributed by atoms with E-state index in [0.29, 0.717) is 25.3 Å². The van der Waals surface area contributed by atoms with Crippen molar-refractivity contribution in [3.63, 3.8) is 0 Å². The van der Waals surface area contributed by atoms with Crippen molar-refractivity contribution in [2.45, 2.75) is 13.0 Å². The number of hydrogen-bond acceptors (Lipinski definition) is 5. The Morgan fingerprint density at radius 3 is 2.53 bits per heavy atom. The van der Waals surface area contributed by atoms with Crippen molar-refractivity contribution in [3.05, 3.63) is 101 Å². The largest absolute Gasteiger partial charge is 0.489 e. The van der Waals surface area contributed by atoms with Gasteiger partial charge in [0.25, 0.3) is 5.91 Å². The summed E-state index contributed by atoms with van der Waals surface area (Å²) in [6.07, 6.45) is 2.44. The van der Waals surface area contributed by atoms with Gasteiger partial charge in [0.1, 0.15) is 23.1 Å². The highest BCUT2D eigenvalue weighted by Crippen LogP contribution is 2.26. The standard InChI is InChI=1S/C24H21N3O2S/c28-23(26-15-13-20-8-4-5-14-25-20)22-17-30-24(27-22)19-9-11-21(12-10-19)29-16-18-6-2-1-3-7-18/h1-12,14,17H,13,15-16H2,(H,26,28). The van der Waals surface area contributed by atoms with E-state index in [1.165, 1.54) is 11.3 Å². The maximum atomic E-state index is 12.3. The average Bonchev–Trinajstić information content (AvgIpc) is 3.30. The fraction of sp³-hybridized carbons (Fsp3) is 0.125. The summed E-state index contributed by atoms with van der Waals surface area (Å²) in [4.78, 5) is 21.1. The third-order valence-corrected chi connectivity index (χ3v) is 5.37. The molecule has 0 aliphatic carbocycles. The zero-order valence-electron chi connectivity index (χ0n) is 16.3. The second-order valence-corrected chi connectivity index (χ2v) is 7.52. The summed E-state index contributed by atoms with van der Waals surface area (Å²) < 4.78 is 5.82. The molecule has 2 aromatic heterocycles. The smallest absolute Gasteiger partial charge is 0.270 e. The van der Waals surface area contributed by atoms with Crippen molar-refractivity contribution >= 4 is 17.2 Å². The van der Waals surface area contributed by atoms with Crippen LogP contribution in [-0.2, 0) is 13.0 Å². The molecule has 0 saturated carbocycles. The van der Waals surface area contributed by atoms with Crippen molar-refractivity contribution in [2.24, 2.45) is 0 Å². The van der Waals surface area contributed by atoms with Gasteiger partial charge in [-0.1, -0.05) is 36.4 Å². The number of carbonyl (C=O) groups excluding carboxylic acids is 1. The van der Waals surface area contributed by atoms with E-state index < -0.39 is 0 Å². The molecular formula is C24H21N3O2S. The number of nitrogens with zero attached hydrogens (tertiary/aromatic N) is 2. The van der Waals surface area contributed by atoms with Gasteiger partial charge >= 0.3 is 0 Å². The zero-order chi connectivity index (χ0) is 20.6. The Kier molecular flexibility index (Phi) is 6.47. The van der Waals surface area contributed by atoms with Crippen molar-refractivity contribution in [3.8, 4) is 16.3 Å². The predicted octanol–water partition coefficient (Wildman–Crippen LogP) is 4.76. The molecule has 0 bridgehead atoms. The first-order chi connectivity index (χ1) is 14.8. The van der Waals surface area contributed by atoms with Gasteiger partial charge in [-0.05, 0) is 42.0 Å². The molecule has 1 N–H and O–H groups in total. The average molecular weight is 416 g/mol. The fourth-order valence-corrected chi connectivity index (χ4v) is 3.69. The fourth-order valence-electron chi connectivity index (χ4n) is 2.89. The van der Waals surface area contributed by atoms with E-state index in [1.807, 2.05) is 72.8 Å². The van der Waals surface area contributed by atoms with E-state index in [1.54, 1.807) is 11.6 Å². The van der Waals surface area contributed by atoms with E-state index >= 15 is 0 Å². The van der Waals surface area contributed by atoms with Crippen LogP contribution in [0.2, 0.25) is 0 Å². The molecule has 4 rings (SSSR count). The molecule has 4 aromatic rings. The highest BCUT2D eigenvalue weighted by molar-refractivity contribution is 7.13. The summed E-state index contributed by atoms with van der Waals surface area (Å²) in [7, 11) is 0. The molecule has 0 saturated heterocycles. The Balaban J connectivity index is 1.31. The van der Waals surface area contributed by atoms with Crippen LogP contribution in [0.3, 0.4) is 0 Å². The number of ether oxygens (including phenoxy) is 1. The number of carbonyl (C=O) groups is 1. The molecule has 0 unspecified atom stereocenters. The Labute approximate surface area is 179 Å². The second kappa shape index (κ2) is 9.80. The third kappa shape index (κ3) is 5.30. The van der Waals surface area contributed by atoms with E-state index in [9.17, 15) is 4.79 Å². The molecule has 0 aliphatic heterocycles. The van der Waals surface area contributed by atoms with Gasteiger partial charge in [0.05, 0.1) is 0 Å². The number of thiazole rings is 1. The predicted molar refractivity (Wildman–Crippen MR) is 119 cm³/mol.